The zero-order valence-electron chi connectivity index (χ0n) is 21.3. The molecule has 5 atom stereocenters. The van der Waals surface area contributed by atoms with Gasteiger partial charge < -0.3 is 20.6 Å². The molecule has 4 heterocycles. The smallest absolute Gasteiger partial charge is 0.123 e. The predicted molar refractivity (Wildman–Crippen MR) is 144 cm³/mol. The fourth-order valence-corrected chi connectivity index (χ4v) is 7.11. The number of aromatic amines is 2. The first-order valence-corrected chi connectivity index (χ1v) is 14.1. The highest BCUT2D eigenvalue weighted by atomic mass is 15.1. The monoisotopic (exact) mass is 482 g/mol. The highest BCUT2D eigenvalue weighted by Gasteiger charge is 2.41. The second kappa shape index (κ2) is 9.31. The summed E-state index contributed by atoms with van der Waals surface area (Å²) in [7, 11) is 0. The van der Waals surface area contributed by atoms with Crippen LogP contribution in [0.3, 0.4) is 0 Å². The first-order chi connectivity index (χ1) is 17.7. The topological polar surface area (TPSA) is 81.4 Å². The number of fused-ring (bicyclic) bond motifs is 2. The van der Waals surface area contributed by atoms with Crippen molar-refractivity contribution in [3.63, 3.8) is 0 Å². The van der Waals surface area contributed by atoms with Crippen LogP contribution in [0, 0.1) is 5.92 Å². The molecule has 2 aromatic rings. The van der Waals surface area contributed by atoms with Gasteiger partial charge in [0, 0.05) is 12.1 Å². The Labute approximate surface area is 213 Å². The fourth-order valence-electron chi connectivity index (χ4n) is 7.11. The Morgan fingerprint density at radius 2 is 1.33 bits per heavy atom. The van der Waals surface area contributed by atoms with E-state index in [0.29, 0.717) is 24.2 Å². The van der Waals surface area contributed by atoms with Gasteiger partial charge in [0.2, 0.25) is 0 Å². The Hall–Kier alpha value is -2.70. The van der Waals surface area contributed by atoms with Crippen molar-refractivity contribution in [2.24, 2.45) is 5.92 Å². The Balaban J connectivity index is 1.02. The van der Waals surface area contributed by atoms with Gasteiger partial charge in [-0.1, -0.05) is 24.3 Å². The molecule has 5 unspecified atom stereocenters. The molecular weight excluding hydrogens is 444 g/mol. The van der Waals surface area contributed by atoms with Crippen molar-refractivity contribution in [3.05, 3.63) is 70.9 Å². The van der Waals surface area contributed by atoms with Crippen LogP contribution in [0.5, 0.6) is 0 Å². The maximum atomic E-state index is 4.76. The van der Waals surface area contributed by atoms with Crippen LogP contribution >= 0.6 is 0 Å². The first kappa shape index (κ1) is 22.5. The summed E-state index contributed by atoms with van der Waals surface area (Å²) in [6.07, 6.45) is 25.4. The second-order valence-corrected chi connectivity index (χ2v) is 11.6. The van der Waals surface area contributed by atoms with Crippen molar-refractivity contribution in [1.29, 1.82) is 0 Å². The fraction of sp³-hybridized carbons (Fsp3) is 0.533. The zero-order chi connectivity index (χ0) is 24.1. The molecule has 36 heavy (non-hydrogen) atoms. The molecule has 2 bridgehead atoms. The maximum absolute atomic E-state index is 4.76. The van der Waals surface area contributed by atoms with E-state index in [-0.39, 0.29) is 0 Å². The van der Waals surface area contributed by atoms with Crippen molar-refractivity contribution >= 4 is 11.1 Å². The number of piperidine rings is 2. The van der Waals surface area contributed by atoms with E-state index >= 15 is 0 Å². The highest BCUT2D eigenvalue weighted by molar-refractivity contribution is 5.69. The van der Waals surface area contributed by atoms with Gasteiger partial charge in [0.05, 0.1) is 35.9 Å². The number of aromatic nitrogens is 4. The van der Waals surface area contributed by atoms with Crippen LogP contribution in [0.1, 0.15) is 106 Å². The number of imidazole rings is 2. The number of nitrogens with zero attached hydrogens (tertiary/aromatic N) is 2. The van der Waals surface area contributed by atoms with Crippen LogP contribution in [0.15, 0.2) is 47.8 Å². The summed E-state index contributed by atoms with van der Waals surface area (Å²) in [5.74, 6) is 2.99. The molecule has 6 heteroatoms. The van der Waals surface area contributed by atoms with Gasteiger partial charge >= 0.3 is 0 Å². The largest absolute Gasteiger partial charge is 0.341 e. The van der Waals surface area contributed by atoms with Gasteiger partial charge in [-0.25, -0.2) is 9.97 Å². The second-order valence-electron chi connectivity index (χ2n) is 11.6. The maximum Gasteiger partial charge on any atom is 0.123 e. The van der Waals surface area contributed by atoms with Crippen LogP contribution in [0.2, 0.25) is 0 Å². The zero-order valence-corrected chi connectivity index (χ0v) is 21.3. The lowest BCUT2D eigenvalue weighted by Crippen LogP contribution is -2.35. The van der Waals surface area contributed by atoms with E-state index in [1.807, 2.05) is 12.4 Å². The number of H-pyrrole nitrogens is 2. The summed E-state index contributed by atoms with van der Waals surface area (Å²) in [5, 5.41) is 7.45. The Bertz CT molecular complexity index is 1260. The average Bonchev–Trinajstić information content (AvgIpc) is 3.73. The lowest BCUT2D eigenvalue weighted by atomic mass is 9.86. The summed E-state index contributed by atoms with van der Waals surface area (Å²) in [6, 6.07) is 2.07. The third kappa shape index (κ3) is 4.24. The van der Waals surface area contributed by atoms with Crippen LogP contribution in [0.4, 0.5) is 0 Å². The molecule has 0 amide bonds. The quantitative estimate of drug-likeness (QED) is 0.418. The molecule has 7 rings (SSSR count). The third-order valence-corrected chi connectivity index (χ3v) is 9.19. The van der Waals surface area contributed by atoms with Crippen molar-refractivity contribution in [1.82, 2.24) is 30.6 Å². The van der Waals surface area contributed by atoms with E-state index < -0.39 is 0 Å². The van der Waals surface area contributed by atoms with Crippen LogP contribution in [-0.2, 0) is 0 Å². The molecule has 5 aliphatic rings. The minimum atomic E-state index is 0.363. The Kier molecular flexibility index (Phi) is 5.82. The van der Waals surface area contributed by atoms with Crippen molar-refractivity contribution in [2.75, 3.05) is 0 Å². The van der Waals surface area contributed by atoms with Gasteiger partial charge in [-0.05, 0) is 99.3 Å². The molecule has 4 N–H and O–H groups in total. The number of allylic oxidation sites excluding steroid dienone is 8. The third-order valence-electron chi connectivity index (χ3n) is 9.19. The number of hydrogen-bond acceptors (Lipinski definition) is 4. The van der Waals surface area contributed by atoms with Crippen molar-refractivity contribution in [2.45, 2.75) is 95.3 Å². The average molecular weight is 483 g/mol. The molecule has 6 nitrogen and oxygen atoms in total. The van der Waals surface area contributed by atoms with Gasteiger partial charge in [-0.3, -0.25) is 0 Å². The Morgan fingerprint density at radius 3 is 1.92 bits per heavy atom. The van der Waals surface area contributed by atoms with Gasteiger partial charge in [0.1, 0.15) is 11.6 Å². The minimum Gasteiger partial charge on any atom is -0.341 e. The molecule has 2 aromatic heterocycles. The molecule has 188 valence electrons. The van der Waals surface area contributed by atoms with E-state index in [0.717, 1.165) is 43.3 Å². The molecule has 2 saturated heterocycles. The van der Waals surface area contributed by atoms with Crippen LogP contribution in [-0.4, -0.2) is 32.0 Å². The Morgan fingerprint density at radius 1 is 0.694 bits per heavy atom. The lowest BCUT2D eigenvalue weighted by molar-refractivity contribution is 0.332. The van der Waals surface area contributed by atoms with E-state index in [2.05, 4.69) is 51.8 Å². The van der Waals surface area contributed by atoms with Crippen molar-refractivity contribution < 1.29 is 0 Å². The minimum absolute atomic E-state index is 0.363. The molecule has 2 aliphatic heterocycles. The van der Waals surface area contributed by atoms with E-state index in [4.69, 9.17) is 9.97 Å². The van der Waals surface area contributed by atoms with Crippen molar-refractivity contribution in [3.8, 4) is 0 Å². The lowest BCUT2D eigenvalue weighted by Gasteiger charge is -2.27. The van der Waals surface area contributed by atoms with Gasteiger partial charge in [-0.15, -0.1) is 0 Å². The normalized spacial score (nSPS) is 32.2. The van der Waals surface area contributed by atoms with E-state index in [1.54, 1.807) is 0 Å². The molecular formula is C30H38N6. The summed E-state index contributed by atoms with van der Waals surface area (Å²) in [4.78, 5) is 16.7. The molecule has 0 spiro atoms. The molecule has 3 fully saturated rings. The van der Waals surface area contributed by atoms with E-state index in [1.165, 1.54) is 72.2 Å². The number of hydrogen-bond donors (Lipinski definition) is 4. The van der Waals surface area contributed by atoms with Gasteiger partial charge in [0.25, 0.3) is 0 Å². The van der Waals surface area contributed by atoms with E-state index in [9.17, 15) is 0 Å². The predicted octanol–water partition coefficient (Wildman–Crippen LogP) is 6.06. The van der Waals surface area contributed by atoms with Gasteiger partial charge in [0.15, 0.2) is 0 Å². The highest BCUT2D eigenvalue weighted by Crippen LogP contribution is 2.42. The summed E-state index contributed by atoms with van der Waals surface area (Å²) >= 11 is 0. The number of nitrogens with one attached hydrogen (secondary N) is 4. The number of rotatable bonds is 5. The standard InChI is InChI=1S/C30H38N6/c1-18-3-2-4-25(33-18)29-31-16-26(35-29)21-9-5-19(6-10-21)20-7-11-22(12-8-20)27-17-32-30(36-27)28-23-13-14-24(15-23)34-28/h5,7,9,11,16-18,23-25,28,33-34H,2-4,6,8,10,12-15H2,1H3,(H,31,35)(H,32,36). The summed E-state index contributed by atoms with van der Waals surface area (Å²) in [6.45, 7) is 2.27. The summed E-state index contributed by atoms with van der Waals surface area (Å²) in [5.41, 5.74) is 8.08. The van der Waals surface area contributed by atoms with Crippen LogP contribution < -0.4 is 10.6 Å². The molecule has 0 radical (unpaired) electrons. The molecule has 1 saturated carbocycles. The summed E-state index contributed by atoms with van der Waals surface area (Å²) < 4.78 is 0. The first-order valence-electron chi connectivity index (χ1n) is 14.1. The van der Waals surface area contributed by atoms with Crippen LogP contribution in [0.25, 0.3) is 11.1 Å². The van der Waals surface area contributed by atoms with Gasteiger partial charge in [-0.2, -0.15) is 0 Å². The molecule has 0 aromatic carbocycles. The molecule has 3 aliphatic carbocycles. The SMILES string of the molecule is CC1CCCC(c2ncc(C3=CC=C(C4=CC=C(c5cnc(C6NC7CCC6C7)[nH]5)CC4)CC3)[nH]2)N1.